The highest BCUT2D eigenvalue weighted by Crippen LogP contribution is 2.25. The molecule has 0 saturated carbocycles. The maximum Gasteiger partial charge on any atom is 0.0953 e. The predicted octanol–water partition coefficient (Wildman–Crippen LogP) is 2.83. The van der Waals surface area contributed by atoms with Crippen LogP contribution in [0.3, 0.4) is 0 Å². The maximum atomic E-state index is 4.39. The Kier molecular flexibility index (Phi) is 3.86. The van der Waals surface area contributed by atoms with E-state index >= 15 is 0 Å². The highest BCUT2D eigenvalue weighted by Gasteiger charge is 2.09. The van der Waals surface area contributed by atoms with Crippen molar-refractivity contribution in [2.24, 2.45) is 0 Å². The molecule has 0 aliphatic heterocycles. The van der Waals surface area contributed by atoms with Crippen molar-refractivity contribution in [1.29, 1.82) is 0 Å². The number of hydrogen-bond donors (Lipinski definition) is 2. The molecule has 2 rings (SSSR count). The van der Waals surface area contributed by atoms with Crippen LogP contribution in [-0.4, -0.2) is 23.5 Å². The Morgan fingerprint density at radius 2 is 2.00 bits per heavy atom. The molecule has 3 nitrogen and oxygen atoms in total. The van der Waals surface area contributed by atoms with E-state index < -0.39 is 0 Å². The van der Waals surface area contributed by atoms with Gasteiger partial charge in [0, 0.05) is 17.0 Å². The second-order valence-electron chi connectivity index (χ2n) is 3.93. The van der Waals surface area contributed by atoms with E-state index in [1.165, 1.54) is 16.0 Å². The molecule has 4 heteroatoms. The SMILES string of the molecule is CNCc1[nH]nc(-c2ccc(SC)cc2)c1C. The van der Waals surface area contributed by atoms with Crippen LogP contribution in [0.1, 0.15) is 11.3 Å². The second-order valence-corrected chi connectivity index (χ2v) is 4.81. The molecule has 0 spiro atoms. The molecule has 0 aliphatic rings. The van der Waals surface area contributed by atoms with E-state index in [-0.39, 0.29) is 0 Å². The monoisotopic (exact) mass is 247 g/mol. The number of aromatic amines is 1. The number of nitrogens with one attached hydrogen (secondary N) is 2. The van der Waals surface area contributed by atoms with E-state index in [4.69, 9.17) is 0 Å². The molecule has 0 radical (unpaired) electrons. The van der Waals surface area contributed by atoms with Gasteiger partial charge in [-0.2, -0.15) is 5.10 Å². The van der Waals surface area contributed by atoms with Gasteiger partial charge in [0.1, 0.15) is 0 Å². The summed E-state index contributed by atoms with van der Waals surface area (Å²) in [6.45, 7) is 2.93. The van der Waals surface area contributed by atoms with Crippen molar-refractivity contribution in [3.05, 3.63) is 35.5 Å². The summed E-state index contributed by atoms with van der Waals surface area (Å²) in [4.78, 5) is 1.28. The van der Waals surface area contributed by atoms with E-state index in [0.29, 0.717) is 0 Å². The lowest BCUT2D eigenvalue weighted by atomic mass is 10.1. The molecule has 1 aromatic heterocycles. The van der Waals surface area contributed by atoms with E-state index in [0.717, 1.165) is 17.9 Å². The average Bonchev–Trinajstić information content (AvgIpc) is 2.72. The maximum absolute atomic E-state index is 4.39. The van der Waals surface area contributed by atoms with Crippen molar-refractivity contribution in [3.63, 3.8) is 0 Å². The fraction of sp³-hybridized carbons (Fsp3) is 0.308. The summed E-state index contributed by atoms with van der Waals surface area (Å²) in [6, 6.07) is 8.51. The summed E-state index contributed by atoms with van der Waals surface area (Å²) in [6.07, 6.45) is 2.08. The third-order valence-electron chi connectivity index (χ3n) is 2.83. The largest absolute Gasteiger partial charge is 0.314 e. The minimum absolute atomic E-state index is 0.821. The number of hydrogen-bond acceptors (Lipinski definition) is 3. The third-order valence-corrected chi connectivity index (χ3v) is 3.57. The average molecular weight is 247 g/mol. The molecule has 0 unspecified atom stereocenters. The smallest absolute Gasteiger partial charge is 0.0953 e. The predicted molar refractivity (Wildman–Crippen MR) is 73.3 cm³/mol. The zero-order chi connectivity index (χ0) is 12.3. The van der Waals surface area contributed by atoms with Crippen molar-refractivity contribution in [1.82, 2.24) is 15.5 Å². The molecule has 0 saturated heterocycles. The van der Waals surface area contributed by atoms with Crippen LogP contribution >= 0.6 is 11.8 Å². The molecule has 0 bridgehead atoms. The van der Waals surface area contributed by atoms with Gasteiger partial charge in [0.2, 0.25) is 0 Å². The van der Waals surface area contributed by atoms with Gasteiger partial charge in [0.15, 0.2) is 0 Å². The van der Waals surface area contributed by atoms with Gasteiger partial charge in [-0.3, -0.25) is 5.10 Å². The highest BCUT2D eigenvalue weighted by molar-refractivity contribution is 7.98. The Hall–Kier alpha value is -1.26. The van der Waals surface area contributed by atoms with E-state index in [1.54, 1.807) is 11.8 Å². The first-order valence-electron chi connectivity index (χ1n) is 5.59. The van der Waals surface area contributed by atoms with E-state index in [9.17, 15) is 0 Å². The zero-order valence-electron chi connectivity index (χ0n) is 10.4. The fourth-order valence-electron chi connectivity index (χ4n) is 1.81. The summed E-state index contributed by atoms with van der Waals surface area (Å²) in [7, 11) is 1.94. The quantitative estimate of drug-likeness (QED) is 0.816. The first kappa shape index (κ1) is 12.2. The first-order valence-corrected chi connectivity index (χ1v) is 6.81. The summed E-state index contributed by atoms with van der Waals surface area (Å²) in [5.74, 6) is 0. The molecule has 2 aromatic rings. The van der Waals surface area contributed by atoms with Gasteiger partial charge in [-0.1, -0.05) is 12.1 Å². The molecule has 90 valence electrons. The minimum Gasteiger partial charge on any atom is -0.314 e. The van der Waals surface area contributed by atoms with Crippen LogP contribution in [0.15, 0.2) is 29.2 Å². The Morgan fingerprint density at radius 1 is 1.29 bits per heavy atom. The standard InChI is InChI=1S/C13H17N3S/c1-9-12(8-14-2)15-16-13(9)10-4-6-11(17-3)7-5-10/h4-7,14H,8H2,1-3H3,(H,15,16). The van der Waals surface area contributed by atoms with Gasteiger partial charge >= 0.3 is 0 Å². The highest BCUT2D eigenvalue weighted by atomic mass is 32.2. The van der Waals surface area contributed by atoms with Crippen LogP contribution < -0.4 is 5.32 Å². The lowest BCUT2D eigenvalue weighted by Gasteiger charge is -2.01. The van der Waals surface area contributed by atoms with Crippen molar-refractivity contribution < 1.29 is 0 Å². The topological polar surface area (TPSA) is 40.7 Å². The van der Waals surface area contributed by atoms with Crippen molar-refractivity contribution in [3.8, 4) is 11.3 Å². The normalized spacial score (nSPS) is 10.8. The minimum atomic E-state index is 0.821. The Bertz CT molecular complexity index is 488. The van der Waals surface area contributed by atoms with Crippen LogP contribution in [0.4, 0.5) is 0 Å². The summed E-state index contributed by atoms with van der Waals surface area (Å²) < 4.78 is 0. The summed E-state index contributed by atoms with van der Waals surface area (Å²) in [5.41, 5.74) is 4.58. The molecule has 17 heavy (non-hydrogen) atoms. The van der Waals surface area contributed by atoms with Crippen molar-refractivity contribution >= 4 is 11.8 Å². The number of rotatable bonds is 4. The van der Waals surface area contributed by atoms with E-state index in [1.807, 2.05) is 7.05 Å². The zero-order valence-corrected chi connectivity index (χ0v) is 11.2. The molecule has 1 heterocycles. The number of benzene rings is 1. The molecule has 1 aromatic carbocycles. The molecule has 2 N–H and O–H groups in total. The van der Waals surface area contributed by atoms with Gasteiger partial charge in [-0.05, 0) is 37.9 Å². The first-order chi connectivity index (χ1) is 8.26. The number of H-pyrrole nitrogens is 1. The van der Waals surface area contributed by atoms with Crippen LogP contribution in [0, 0.1) is 6.92 Å². The number of nitrogens with zero attached hydrogens (tertiary/aromatic N) is 1. The van der Waals surface area contributed by atoms with Crippen molar-refractivity contribution in [2.45, 2.75) is 18.4 Å². The molecule has 0 aliphatic carbocycles. The fourth-order valence-corrected chi connectivity index (χ4v) is 2.22. The second kappa shape index (κ2) is 5.38. The van der Waals surface area contributed by atoms with Gasteiger partial charge < -0.3 is 5.32 Å². The van der Waals surface area contributed by atoms with Crippen LogP contribution in [0.25, 0.3) is 11.3 Å². The molecule has 0 amide bonds. The Balaban J connectivity index is 2.32. The van der Waals surface area contributed by atoms with Gasteiger partial charge in [0.25, 0.3) is 0 Å². The Labute approximate surface area is 106 Å². The molecule has 0 atom stereocenters. The number of aromatic nitrogens is 2. The number of thioether (sulfide) groups is 1. The van der Waals surface area contributed by atoms with Crippen LogP contribution in [0.2, 0.25) is 0 Å². The lowest BCUT2D eigenvalue weighted by Crippen LogP contribution is -2.06. The molecule has 0 fully saturated rings. The lowest BCUT2D eigenvalue weighted by molar-refractivity contribution is 0.779. The van der Waals surface area contributed by atoms with Gasteiger partial charge in [-0.25, -0.2) is 0 Å². The van der Waals surface area contributed by atoms with E-state index in [2.05, 4.69) is 53.0 Å². The summed E-state index contributed by atoms with van der Waals surface area (Å²) >= 11 is 1.75. The third kappa shape index (κ3) is 2.53. The van der Waals surface area contributed by atoms with Crippen molar-refractivity contribution in [2.75, 3.05) is 13.3 Å². The Morgan fingerprint density at radius 3 is 2.59 bits per heavy atom. The summed E-state index contributed by atoms with van der Waals surface area (Å²) in [5, 5.41) is 10.6. The van der Waals surface area contributed by atoms with Gasteiger partial charge in [-0.15, -0.1) is 11.8 Å². The van der Waals surface area contributed by atoms with Crippen LogP contribution in [0.5, 0.6) is 0 Å². The molecular weight excluding hydrogens is 230 g/mol. The molecular formula is C13H17N3S. The van der Waals surface area contributed by atoms with Gasteiger partial charge in [0.05, 0.1) is 11.4 Å². The van der Waals surface area contributed by atoms with Crippen LogP contribution in [-0.2, 0) is 6.54 Å².